The van der Waals surface area contributed by atoms with E-state index in [0.717, 1.165) is 28.6 Å². The van der Waals surface area contributed by atoms with Crippen LogP contribution in [-0.4, -0.2) is 50.1 Å². The largest absolute Gasteiger partial charge is 0.444 e. The van der Waals surface area contributed by atoms with Gasteiger partial charge in [-0.2, -0.15) is 0 Å². The van der Waals surface area contributed by atoms with Crippen LogP contribution in [0, 0.1) is 5.92 Å². The molecule has 0 spiro atoms. The number of likely N-dealkylation sites (tertiary alicyclic amines) is 1. The summed E-state index contributed by atoms with van der Waals surface area (Å²) in [5.41, 5.74) is 4.31. The number of halogens is 1. The van der Waals surface area contributed by atoms with Crippen LogP contribution < -0.4 is 10.6 Å². The molecular weight excluding hydrogens is 588 g/mol. The van der Waals surface area contributed by atoms with Crippen LogP contribution in [0.2, 0.25) is 5.02 Å². The first-order valence-electron chi connectivity index (χ1n) is 15.0. The summed E-state index contributed by atoms with van der Waals surface area (Å²) in [4.78, 5) is 36.6. The van der Waals surface area contributed by atoms with Gasteiger partial charge in [0, 0.05) is 47.3 Å². The zero-order valence-corrected chi connectivity index (χ0v) is 26.2. The molecule has 0 bridgehead atoms. The van der Waals surface area contributed by atoms with Gasteiger partial charge in [-0.1, -0.05) is 54.1 Å². The van der Waals surface area contributed by atoms with Crippen molar-refractivity contribution in [3.05, 3.63) is 96.3 Å². The van der Waals surface area contributed by atoms with Crippen LogP contribution in [0.15, 0.2) is 91.3 Å². The van der Waals surface area contributed by atoms with E-state index in [1.54, 1.807) is 11.1 Å². The second-order valence-electron chi connectivity index (χ2n) is 12.1. The average molecular weight is 623 g/mol. The molecule has 9 nitrogen and oxygen atoms in total. The van der Waals surface area contributed by atoms with Crippen LogP contribution in [0.1, 0.15) is 33.6 Å². The third kappa shape index (κ3) is 6.94. The molecular formula is C35H35ClN6O3. The number of nitrogens with zero attached hydrogens (tertiary/aromatic N) is 4. The van der Waals surface area contributed by atoms with Crippen LogP contribution >= 0.6 is 11.6 Å². The van der Waals surface area contributed by atoms with Crippen molar-refractivity contribution < 1.29 is 14.3 Å². The summed E-state index contributed by atoms with van der Waals surface area (Å²) in [5, 5.41) is 7.72. The van der Waals surface area contributed by atoms with Gasteiger partial charge in [-0.05, 0) is 70.0 Å². The van der Waals surface area contributed by atoms with Crippen LogP contribution in [0.25, 0.3) is 27.8 Å². The molecule has 45 heavy (non-hydrogen) atoms. The SMILES string of the molecule is CC(C)(C)OC(=O)N1CCC[C@H](C(=O)Nc2cccc(Nc3ncc(Cl)c(-c4cn(-c5ccccc5)c5ccccc45)n3)c2)C1. The second-order valence-corrected chi connectivity index (χ2v) is 12.5. The van der Waals surface area contributed by atoms with Gasteiger partial charge in [-0.3, -0.25) is 4.79 Å². The van der Waals surface area contributed by atoms with Gasteiger partial charge in [0.25, 0.3) is 0 Å². The number of aromatic nitrogens is 3. The molecule has 1 aliphatic rings. The van der Waals surface area contributed by atoms with Crippen LogP contribution in [0.4, 0.5) is 22.1 Å². The minimum Gasteiger partial charge on any atom is -0.444 e. The van der Waals surface area contributed by atoms with Crippen molar-refractivity contribution in [2.75, 3.05) is 23.7 Å². The Morgan fingerprint density at radius 1 is 0.978 bits per heavy atom. The number of benzene rings is 3. The highest BCUT2D eigenvalue weighted by Gasteiger charge is 2.31. The number of hydrogen-bond donors (Lipinski definition) is 2. The number of carbonyl (C=O) groups is 2. The van der Waals surface area contributed by atoms with Crippen molar-refractivity contribution in [1.29, 1.82) is 0 Å². The molecule has 0 saturated carbocycles. The Morgan fingerprint density at radius 2 is 1.73 bits per heavy atom. The maximum absolute atomic E-state index is 13.2. The zero-order valence-electron chi connectivity index (χ0n) is 25.5. The lowest BCUT2D eigenvalue weighted by molar-refractivity contribution is -0.121. The number of anilines is 3. The number of carbonyl (C=O) groups excluding carboxylic acids is 2. The Hall–Kier alpha value is -4.89. The molecule has 1 fully saturated rings. The highest BCUT2D eigenvalue weighted by atomic mass is 35.5. The molecule has 230 valence electrons. The number of hydrogen-bond acceptors (Lipinski definition) is 6. The first kappa shape index (κ1) is 30.1. The summed E-state index contributed by atoms with van der Waals surface area (Å²) in [5.74, 6) is -0.0991. The molecule has 3 aromatic carbocycles. The van der Waals surface area contributed by atoms with Crippen LogP contribution in [0.5, 0.6) is 0 Å². The summed E-state index contributed by atoms with van der Waals surface area (Å²) in [6, 6.07) is 25.6. The first-order valence-corrected chi connectivity index (χ1v) is 15.4. The first-order chi connectivity index (χ1) is 21.6. The number of ether oxygens (including phenoxy) is 1. The summed E-state index contributed by atoms with van der Waals surface area (Å²) in [6.45, 7) is 6.40. The lowest BCUT2D eigenvalue weighted by atomic mass is 9.97. The molecule has 1 aliphatic heterocycles. The number of rotatable bonds is 6. The Kier molecular flexibility index (Phi) is 8.45. The summed E-state index contributed by atoms with van der Waals surface area (Å²) in [7, 11) is 0. The average Bonchev–Trinajstić information content (AvgIpc) is 3.41. The third-order valence-corrected chi connectivity index (χ3v) is 7.85. The molecule has 1 saturated heterocycles. The Bertz CT molecular complexity index is 1850. The van der Waals surface area contributed by atoms with E-state index in [1.165, 1.54) is 0 Å². The summed E-state index contributed by atoms with van der Waals surface area (Å²) < 4.78 is 7.63. The second kappa shape index (κ2) is 12.6. The summed E-state index contributed by atoms with van der Waals surface area (Å²) >= 11 is 6.67. The Balaban J connectivity index is 1.19. The van der Waals surface area contributed by atoms with E-state index in [4.69, 9.17) is 21.3 Å². The third-order valence-electron chi connectivity index (χ3n) is 7.58. The molecule has 0 aliphatic carbocycles. The number of para-hydroxylation sites is 2. The molecule has 3 heterocycles. The van der Waals surface area contributed by atoms with E-state index in [0.29, 0.717) is 47.6 Å². The number of amides is 2. The molecule has 0 unspecified atom stereocenters. The van der Waals surface area contributed by atoms with Crippen molar-refractivity contribution in [1.82, 2.24) is 19.4 Å². The normalized spacial score (nSPS) is 15.1. The van der Waals surface area contributed by atoms with E-state index in [2.05, 4.69) is 44.5 Å². The Labute approximate surface area is 267 Å². The molecule has 0 radical (unpaired) electrons. The van der Waals surface area contributed by atoms with Crippen molar-refractivity contribution in [2.24, 2.45) is 5.92 Å². The van der Waals surface area contributed by atoms with Gasteiger partial charge < -0.3 is 24.8 Å². The van der Waals surface area contributed by atoms with E-state index < -0.39 is 11.7 Å². The lowest BCUT2D eigenvalue weighted by Gasteiger charge is -2.33. The van der Waals surface area contributed by atoms with Crippen LogP contribution in [-0.2, 0) is 9.53 Å². The van der Waals surface area contributed by atoms with Gasteiger partial charge in [0.2, 0.25) is 11.9 Å². The monoisotopic (exact) mass is 622 g/mol. The van der Waals surface area contributed by atoms with Gasteiger partial charge in [-0.15, -0.1) is 0 Å². The molecule has 5 aromatic rings. The quantitative estimate of drug-likeness (QED) is 0.199. The fourth-order valence-corrected chi connectivity index (χ4v) is 5.71. The van der Waals surface area contributed by atoms with Crippen molar-refractivity contribution in [3.63, 3.8) is 0 Å². The lowest BCUT2D eigenvalue weighted by Crippen LogP contribution is -2.45. The van der Waals surface area contributed by atoms with E-state index >= 15 is 0 Å². The van der Waals surface area contributed by atoms with Gasteiger partial charge in [0.05, 0.1) is 28.3 Å². The predicted octanol–water partition coefficient (Wildman–Crippen LogP) is 8.07. The highest BCUT2D eigenvalue weighted by molar-refractivity contribution is 6.33. The van der Waals surface area contributed by atoms with Crippen molar-refractivity contribution >= 4 is 51.8 Å². The predicted molar refractivity (Wildman–Crippen MR) is 178 cm³/mol. The van der Waals surface area contributed by atoms with Crippen LogP contribution in [0.3, 0.4) is 0 Å². The van der Waals surface area contributed by atoms with Crippen molar-refractivity contribution in [2.45, 2.75) is 39.2 Å². The molecule has 1 atom stereocenters. The number of nitrogens with one attached hydrogen (secondary N) is 2. The van der Waals surface area contributed by atoms with E-state index in [9.17, 15) is 9.59 Å². The minimum absolute atomic E-state index is 0.139. The molecule has 2 aromatic heterocycles. The maximum atomic E-state index is 13.2. The van der Waals surface area contributed by atoms with Gasteiger partial charge >= 0.3 is 6.09 Å². The van der Waals surface area contributed by atoms with E-state index in [-0.39, 0.29) is 11.8 Å². The number of fused-ring (bicyclic) bond motifs is 1. The molecule has 10 heteroatoms. The smallest absolute Gasteiger partial charge is 0.410 e. The van der Waals surface area contributed by atoms with Gasteiger partial charge in [0.15, 0.2) is 0 Å². The Morgan fingerprint density at radius 3 is 2.53 bits per heavy atom. The zero-order chi connectivity index (χ0) is 31.6. The molecule has 2 N–H and O–H groups in total. The van der Waals surface area contributed by atoms with Gasteiger partial charge in [-0.25, -0.2) is 14.8 Å². The van der Waals surface area contributed by atoms with E-state index in [1.807, 2.05) is 81.6 Å². The van der Waals surface area contributed by atoms with Crippen molar-refractivity contribution in [3.8, 4) is 16.9 Å². The number of piperidine rings is 1. The fraction of sp³-hybridized carbons (Fsp3) is 0.257. The fourth-order valence-electron chi connectivity index (χ4n) is 5.52. The minimum atomic E-state index is -0.588. The molecule has 6 rings (SSSR count). The maximum Gasteiger partial charge on any atom is 0.410 e. The summed E-state index contributed by atoms with van der Waals surface area (Å²) in [6.07, 6.45) is 4.68. The highest BCUT2D eigenvalue weighted by Crippen LogP contribution is 2.36. The standard InChI is InChI=1S/C35H35ClN6O3/c1-35(2,3)45-34(44)41-18-10-11-23(21-41)32(43)38-24-12-9-13-25(19-24)39-33-37-20-29(36)31(40-33)28-22-42(26-14-5-4-6-15-26)30-17-8-7-16-27(28)30/h4-9,12-17,19-20,22-23H,10-11,18,21H2,1-3H3,(H,38,43)(H,37,39,40)/t23-/m0/s1. The molecule has 2 amide bonds. The van der Waals surface area contributed by atoms with Gasteiger partial charge in [0.1, 0.15) is 5.60 Å². The topological polar surface area (TPSA) is 101 Å².